The molecule has 1 aliphatic heterocycles. The van der Waals surface area contributed by atoms with E-state index in [1.165, 1.54) is 11.8 Å². The first kappa shape index (κ1) is 18.4. The Balaban J connectivity index is 1.85. The fraction of sp³-hybridized carbons (Fsp3) is 0.353. The van der Waals surface area contributed by atoms with Crippen LogP contribution < -0.4 is 10.5 Å². The van der Waals surface area contributed by atoms with Crippen LogP contribution in [0.4, 0.5) is 5.69 Å². The Morgan fingerprint density at radius 2 is 2.24 bits per heavy atom. The third kappa shape index (κ3) is 4.22. The molecule has 3 rings (SSSR count). The molecule has 2 atom stereocenters. The van der Waals surface area contributed by atoms with Gasteiger partial charge in [-0.1, -0.05) is 41.6 Å². The zero-order valence-electron chi connectivity index (χ0n) is 13.8. The fourth-order valence-corrected chi connectivity index (χ4v) is 5.47. The maximum absolute atomic E-state index is 12.6. The van der Waals surface area contributed by atoms with Gasteiger partial charge in [-0.15, -0.1) is 0 Å². The molecule has 0 saturated heterocycles. The number of nitrogens with zero attached hydrogens (tertiary/aromatic N) is 1. The van der Waals surface area contributed by atoms with Crippen molar-refractivity contribution in [3.8, 4) is 0 Å². The van der Waals surface area contributed by atoms with E-state index in [0.29, 0.717) is 22.3 Å². The molecule has 0 fully saturated rings. The van der Waals surface area contributed by atoms with Crippen LogP contribution in [-0.4, -0.2) is 24.6 Å². The van der Waals surface area contributed by atoms with Crippen molar-refractivity contribution in [1.29, 1.82) is 0 Å². The molecular formula is C17H20ClN3O2S2. The summed E-state index contributed by atoms with van der Waals surface area (Å²) < 4.78 is 27.9. The molecule has 0 radical (unpaired) electrons. The van der Waals surface area contributed by atoms with Crippen LogP contribution >= 0.6 is 23.4 Å². The summed E-state index contributed by atoms with van der Waals surface area (Å²) in [7, 11) is -3.57. The summed E-state index contributed by atoms with van der Waals surface area (Å²) in [6, 6.07) is 7.34. The third-order valence-corrected chi connectivity index (χ3v) is 7.02. The SMILES string of the molecule is CC1(c2cccc(NS(=O)(=O)C3C=C(Cl)C=CC3)c2)CCSC(N)=N1. The first-order valence-corrected chi connectivity index (χ1v) is 10.8. The van der Waals surface area contributed by atoms with Crippen LogP contribution in [0.15, 0.2) is 52.5 Å². The van der Waals surface area contributed by atoms with Gasteiger partial charge >= 0.3 is 0 Å². The number of halogens is 1. The molecule has 0 bridgehead atoms. The number of allylic oxidation sites excluding steroid dienone is 3. The molecule has 1 aromatic carbocycles. The third-order valence-electron chi connectivity index (χ3n) is 4.33. The Kier molecular flexibility index (Phi) is 5.18. The van der Waals surface area contributed by atoms with Crippen LogP contribution in [0.1, 0.15) is 25.3 Å². The number of thioether (sulfide) groups is 1. The van der Waals surface area contributed by atoms with Crippen LogP contribution in [0.2, 0.25) is 0 Å². The first-order chi connectivity index (χ1) is 11.8. The number of hydrogen-bond acceptors (Lipinski definition) is 5. The summed E-state index contributed by atoms with van der Waals surface area (Å²) >= 11 is 7.47. The van der Waals surface area contributed by atoms with Crippen molar-refractivity contribution >= 4 is 44.2 Å². The number of nitrogens with two attached hydrogens (primary N) is 1. The maximum Gasteiger partial charge on any atom is 0.239 e. The Hall–Kier alpha value is -1.44. The Morgan fingerprint density at radius 3 is 2.96 bits per heavy atom. The molecule has 25 heavy (non-hydrogen) atoms. The second-order valence-corrected chi connectivity index (χ2v) is 9.73. The normalized spacial score (nSPS) is 26.7. The molecular weight excluding hydrogens is 378 g/mol. The van der Waals surface area contributed by atoms with E-state index < -0.39 is 20.8 Å². The van der Waals surface area contributed by atoms with Crippen LogP contribution in [0.25, 0.3) is 0 Å². The van der Waals surface area contributed by atoms with Gasteiger partial charge in [-0.25, -0.2) is 8.42 Å². The van der Waals surface area contributed by atoms with E-state index in [4.69, 9.17) is 17.3 Å². The molecule has 2 unspecified atom stereocenters. The van der Waals surface area contributed by atoms with E-state index >= 15 is 0 Å². The van der Waals surface area contributed by atoms with Gasteiger partial charge in [0.2, 0.25) is 10.0 Å². The first-order valence-electron chi connectivity index (χ1n) is 7.93. The van der Waals surface area contributed by atoms with Crippen molar-refractivity contribution in [3.05, 3.63) is 53.1 Å². The minimum Gasteiger partial charge on any atom is -0.379 e. The van der Waals surface area contributed by atoms with E-state index in [2.05, 4.69) is 9.71 Å². The number of amidine groups is 1. The summed E-state index contributed by atoms with van der Waals surface area (Å²) in [5.41, 5.74) is 6.89. The number of sulfonamides is 1. The monoisotopic (exact) mass is 397 g/mol. The Labute approximate surface area is 157 Å². The number of aliphatic imine (C=N–C) groups is 1. The summed E-state index contributed by atoms with van der Waals surface area (Å²) in [4.78, 5) is 4.57. The van der Waals surface area contributed by atoms with Crippen molar-refractivity contribution in [2.75, 3.05) is 10.5 Å². The Bertz CT molecular complexity index is 864. The molecule has 0 aromatic heterocycles. The lowest BCUT2D eigenvalue weighted by Gasteiger charge is -2.30. The summed E-state index contributed by atoms with van der Waals surface area (Å²) in [6.45, 7) is 2.02. The van der Waals surface area contributed by atoms with Gasteiger partial charge in [0.15, 0.2) is 5.17 Å². The van der Waals surface area contributed by atoms with Gasteiger partial charge in [-0.2, -0.15) is 0 Å². The molecule has 0 amide bonds. The quantitative estimate of drug-likeness (QED) is 0.813. The lowest BCUT2D eigenvalue weighted by Crippen LogP contribution is -2.29. The molecule has 134 valence electrons. The molecule has 0 saturated carbocycles. The smallest absolute Gasteiger partial charge is 0.239 e. The second kappa shape index (κ2) is 7.05. The van der Waals surface area contributed by atoms with Gasteiger partial charge in [0.25, 0.3) is 0 Å². The van der Waals surface area contributed by atoms with Gasteiger partial charge in [-0.05, 0) is 49.6 Å². The van der Waals surface area contributed by atoms with E-state index in [1.54, 1.807) is 24.3 Å². The van der Waals surface area contributed by atoms with Crippen molar-refractivity contribution in [3.63, 3.8) is 0 Å². The molecule has 1 aromatic rings. The zero-order chi connectivity index (χ0) is 18.1. The number of nitrogens with one attached hydrogen (secondary N) is 1. The summed E-state index contributed by atoms with van der Waals surface area (Å²) in [5, 5.41) is 0.324. The molecule has 3 N–H and O–H groups in total. The predicted molar refractivity (Wildman–Crippen MR) is 107 cm³/mol. The highest BCUT2D eigenvalue weighted by Gasteiger charge is 2.30. The molecule has 2 aliphatic rings. The minimum atomic E-state index is -3.57. The van der Waals surface area contributed by atoms with E-state index in [-0.39, 0.29) is 0 Å². The highest BCUT2D eigenvalue weighted by molar-refractivity contribution is 8.13. The molecule has 1 heterocycles. The number of hydrogen-bond donors (Lipinski definition) is 2. The lowest BCUT2D eigenvalue weighted by atomic mass is 9.89. The summed E-state index contributed by atoms with van der Waals surface area (Å²) in [6.07, 6.45) is 6.28. The predicted octanol–water partition coefficient (Wildman–Crippen LogP) is 3.55. The minimum absolute atomic E-state index is 0.404. The summed E-state index contributed by atoms with van der Waals surface area (Å²) in [5.74, 6) is 0.888. The second-order valence-electron chi connectivity index (χ2n) is 6.28. The van der Waals surface area contributed by atoms with Crippen molar-refractivity contribution in [2.24, 2.45) is 10.7 Å². The van der Waals surface area contributed by atoms with Crippen LogP contribution in [0.3, 0.4) is 0 Å². The van der Waals surface area contributed by atoms with E-state index in [1.807, 2.05) is 25.1 Å². The number of anilines is 1. The van der Waals surface area contributed by atoms with Crippen molar-refractivity contribution in [2.45, 2.75) is 30.6 Å². The van der Waals surface area contributed by atoms with Gasteiger partial charge in [0, 0.05) is 16.5 Å². The highest BCUT2D eigenvalue weighted by Crippen LogP contribution is 2.36. The highest BCUT2D eigenvalue weighted by atomic mass is 35.5. The standard InChI is InChI=1S/C17H20ClN3O2S2/c1-17(8-9-24-16(19)20-17)12-4-2-6-14(10-12)21-25(22,23)15-7-3-5-13(18)11-15/h2-6,10-11,15,21H,7-9H2,1H3,(H2,19,20). The van der Waals surface area contributed by atoms with Crippen LogP contribution in [0.5, 0.6) is 0 Å². The van der Waals surface area contributed by atoms with Crippen molar-refractivity contribution in [1.82, 2.24) is 0 Å². The average Bonchev–Trinajstić information content (AvgIpc) is 2.54. The van der Waals surface area contributed by atoms with Crippen molar-refractivity contribution < 1.29 is 8.42 Å². The maximum atomic E-state index is 12.6. The van der Waals surface area contributed by atoms with Gasteiger partial charge < -0.3 is 5.73 Å². The van der Waals surface area contributed by atoms with Gasteiger partial charge in [0.1, 0.15) is 5.25 Å². The number of benzene rings is 1. The largest absolute Gasteiger partial charge is 0.379 e. The molecule has 1 aliphatic carbocycles. The van der Waals surface area contributed by atoms with E-state index in [0.717, 1.165) is 17.7 Å². The van der Waals surface area contributed by atoms with Gasteiger partial charge in [-0.3, -0.25) is 9.71 Å². The molecule has 8 heteroatoms. The fourth-order valence-electron chi connectivity index (χ4n) is 2.88. The lowest BCUT2D eigenvalue weighted by molar-refractivity contribution is 0.482. The van der Waals surface area contributed by atoms with Crippen LogP contribution in [0, 0.1) is 0 Å². The topological polar surface area (TPSA) is 84.5 Å². The molecule has 0 spiro atoms. The van der Waals surface area contributed by atoms with Gasteiger partial charge in [0.05, 0.1) is 5.54 Å². The van der Waals surface area contributed by atoms with Crippen LogP contribution in [-0.2, 0) is 15.6 Å². The van der Waals surface area contributed by atoms with E-state index in [9.17, 15) is 8.42 Å². The number of rotatable bonds is 4. The molecule has 5 nitrogen and oxygen atoms in total. The average molecular weight is 398 g/mol. The Morgan fingerprint density at radius 1 is 1.44 bits per heavy atom. The zero-order valence-corrected chi connectivity index (χ0v) is 16.2.